The fraction of sp³-hybridized carbons (Fsp3) is 0.357. The molecule has 158 valence electrons. The molecule has 3 aliphatic carbocycles. The average Bonchev–Trinajstić information content (AvgIpc) is 3.47. The van der Waals surface area contributed by atoms with Crippen molar-refractivity contribution in [2.24, 2.45) is 5.73 Å². The van der Waals surface area contributed by atoms with Crippen LogP contribution in [0.2, 0.25) is 0 Å². The van der Waals surface area contributed by atoms with Crippen LogP contribution in [0.25, 0.3) is 0 Å². The van der Waals surface area contributed by atoms with Crippen LogP contribution in [0.5, 0.6) is 0 Å². The second-order valence-corrected chi connectivity index (χ2v) is 9.41. The van der Waals surface area contributed by atoms with Crippen LogP contribution in [0.4, 0.5) is 0 Å². The van der Waals surface area contributed by atoms with Crippen LogP contribution < -0.4 is 5.73 Å². The fourth-order valence-electron chi connectivity index (χ4n) is 5.58. The first-order chi connectivity index (χ1) is 15.2. The van der Waals surface area contributed by atoms with Crippen molar-refractivity contribution in [1.82, 2.24) is 0 Å². The molecule has 0 unspecified atom stereocenters. The van der Waals surface area contributed by atoms with Gasteiger partial charge >= 0.3 is 0 Å². The van der Waals surface area contributed by atoms with Gasteiger partial charge in [-0.2, -0.15) is 0 Å². The molecule has 0 amide bonds. The van der Waals surface area contributed by atoms with Gasteiger partial charge in [-0.15, -0.1) is 0 Å². The number of nitrogens with two attached hydrogens (primary N) is 1. The Labute approximate surface area is 184 Å². The van der Waals surface area contributed by atoms with E-state index < -0.39 is 0 Å². The minimum absolute atomic E-state index is 0.0332. The molecule has 1 spiro atoms. The first-order valence-corrected chi connectivity index (χ1v) is 11.5. The van der Waals surface area contributed by atoms with Gasteiger partial charge in [0.05, 0.1) is 31.5 Å². The fourth-order valence-corrected chi connectivity index (χ4v) is 5.58. The van der Waals surface area contributed by atoms with E-state index in [2.05, 4.69) is 72.8 Å². The van der Waals surface area contributed by atoms with E-state index in [-0.39, 0.29) is 12.1 Å². The second kappa shape index (κ2) is 7.59. The molecular formula is C28H29NO2. The molecule has 3 aromatic rings. The summed E-state index contributed by atoms with van der Waals surface area (Å²) in [5.41, 5.74) is 14.6. The summed E-state index contributed by atoms with van der Waals surface area (Å²) in [6.45, 7) is 1.26. The van der Waals surface area contributed by atoms with E-state index >= 15 is 0 Å². The third-order valence-corrected chi connectivity index (χ3v) is 7.54. The van der Waals surface area contributed by atoms with Gasteiger partial charge in [0, 0.05) is 11.8 Å². The van der Waals surface area contributed by atoms with Gasteiger partial charge in [0.25, 0.3) is 0 Å². The maximum Gasteiger partial charge on any atom is 0.0812 e. The molecule has 3 atom stereocenters. The van der Waals surface area contributed by atoms with Crippen LogP contribution in [0.3, 0.4) is 0 Å². The Morgan fingerprint density at radius 3 is 2.10 bits per heavy atom. The summed E-state index contributed by atoms with van der Waals surface area (Å²) < 4.78 is 12.6. The first-order valence-electron chi connectivity index (χ1n) is 11.5. The molecule has 3 aliphatic rings. The smallest absolute Gasteiger partial charge is 0.0812 e. The maximum atomic E-state index is 6.43. The molecule has 0 aromatic heterocycles. The van der Waals surface area contributed by atoms with E-state index in [1.165, 1.54) is 46.2 Å². The Hall–Kier alpha value is -2.46. The van der Waals surface area contributed by atoms with Gasteiger partial charge in [-0.05, 0) is 52.6 Å². The third-order valence-electron chi connectivity index (χ3n) is 7.54. The van der Waals surface area contributed by atoms with E-state index in [1.54, 1.807) is 0 Å². The van der Waals surface area contributed by atoms with Gasteiger partial charge in [-0.1, -0.05) is 72.8 Å². The maximum absolute atomic E-state index is 6.43. The Morgan fingerprint density at radius 1 is 0.742 bits per heavy atom. The number of hydrogen-bond donors (Lipinski definition) is 1. The quantitative estimate of drug-likeness (QED) is 0.621. The van der Waals surface area contributed by atoms with E-state index in [1.807, 2.05) is 0 Å². The van der Waals surface area contributed by atoms with Gasteiger partial charge in [0.1, 0.15) is 0 Å². The van der Waals surface area contributed by atoms with Crippen LogP contribution in [-0.2, 0) is 40.9 Å². The first kappa shape index (κ1) is 19.2. The minimum atomic E-state index is -0.0332. The zero-order valence-corrected chi connectivity index (χ0v) is 17.8. The molecule has 0 radical (unpaired) electrons. The molecular weight excluding hydrogens is 382 g/mol. The van der Waals surface area contributed by atoms with Crippen molar-refractivity contribution in [1.29, 1.82) is 0 Å². The Kier molecular flexibility index (Phi) is 4.71. The van der Waals surface area contributed by atoms with Crippen LogP contribution in [0, 0.1) is 0 Å². The van der Waals surface area contributed by atoms with Gasteiger partial charge < -0.3 is 15.2 Å². The zero-order valence-electron chi connectivity index (χ0n) is 17.8. The van der Waals surface area contributed by atoms with Gasteiger partial charge in [0.2, 0.25) is 0 Å². The van der Waals surface area contributed by atoms with Crippen molar-refractivity contribution < 1.29 is 9.47 Å². The molecule has 0 heterocycles. The van der Waals surface area contributed by atoms with Crippen molar-refractivity contribution >= 4 is 0 Å². The van der Waals surface area contributed by atoms with E-state index in [0.29, 0.717) is 24.7 Å². The molecule has 2 N–H and O–H groups in total. The second-order valence-electron chi connectivity index (χ2n) is 9.41. The van der Waals surface area contributed by atoms with Crippen molar-refractivity contribution in [3.8, 4) is 0 Å². The summed E-state index contributed by atoms with van der Waals surface area (Å²) in [6.07, 6.45) is 4.84. The lowest BCUT2D eigenvalue weighted by Crippen LogP contribution is -2.25. The Morgan fingerprint density at radius 2 is 1.39 bits per heavy atom. The summed E-state index contributed by atoms with van der Waals surface area (Å²) in [6, 6.07) is 25.9. The lowest BCUT2D eigenvalue weighted by Gasteiger charge is -2.20. The molecule has 0 aliphatic heterocycles. The lowest BCUT2D eigenvalue weighted by atomic mass is 9.97. The predicted octanol–water partition coefficient (Wildman–Crippen LogP) is 5.00. The molecule has 1 fully saturated rings. The molecule has 3 nitrogen and oxygen atoms in total. The largest absolute Gasteiger partial charge is 0.372 e. The highest BCUT2D eigenvalue weighted by Gasteiger charge is 2.55. The zero-order chi connectivity index (χ0) is 20.8. The highest BCUT2D eigenvalue weighted by atomic mass is 16.5. The average molecular weight is 412 g/mol. The lowest BCUT2D eigenvalue weighted by molar-refractivity contribution is 0.0229. The van der Waals surface area contributed by atoms with Gasteiger partial charge in [-0.25, -0.2) is 0 Å². The molecule has 3 heteroatoms. The number of fused-ring (bicyclic) bond motifs is 3. The summed E-state index contributed by atoms with van der Waals surface area (Å²) in [5, 5.41) is 0. The minimum Gasteiger partial charge on any atom is -0.372 e. The molecule has 0 saturated heterocycles. The normalized spacial score (nSPS) is 24.9. The summed E-state index contributed by atoms with van der Waals surface area (Å²) >= 11 is 0. The van der Waals surface area contributed by atoms with E-state index in [4.69, 9.17) is 15.2 Å². The van der Waals surface area contributed by atoms with Crippen LogP contribution in [0.1, 0.15) is 52.3 Å². The summed E-state index contributed by atoms with van der Waals surface area (Å²) in [7, 11) is 0. The number of hydrogen-bond acceptors (Lipinski definition) is 3. The molecule has 31 heavy (non-hydrogen) atoms. The summed E-state index contributed by atoms with van der Waals surface area (Å²) in [5.74, 6) is 0. The van der Waals surface area contributed by atoms with Crippen molar-refractivity contribution in [3.63, 3.8) is 0 Å². The van der Waals surface area contributed by atoms with Crippen molar-refractivity contribution in [2.75, 3.05) is 0 Å². The van der Waals surface area contributed by atoms with Gasteiger partial charge in [0.15, 0.2) is 0 Å². The molecule has 3 aromatic carbocycles. The summed E-state index contributed by atoms with van der Waals surface area (Å²) in [4.78, 5) is 0. The molecule has 6 rings (SSSR count). The van der Waals surface area contributed by atoms with Crippen molar-refractivity contribution in [2.45, 2.75) is 62.6 Å². The van der Waals surface area contributed by atoms with Crippen LogP contribution in [-0.4, -0.2) is 12.2 Å². The SMILES string of the molecule is N[C@H]1c2ccccc2C[C@H]1OCc1ccc(CO[C@@H]2Cc3ccccc3C23CC3)cc1. The third kappa shape index (κ3) is 3.41. The highest BCUT2D eigenvalue weighted by Crippen LogP contribution is 2.57. The van der Waals surface area contributed by atoms with Gasteiger partial charge in [-0.3, -0.25) is 0 Å². The van der Waals surface area contributed by atoms with E-state index in [9.17, 15) is 0 Å². The predicted molar refractivity (Wildman–Crippen MR) is 122 cm³/mol. The number of ether oxygens (including phenoxy) is 2. The van der Waals surface area contributed by atoms with Crippen LogP contribution >= 0.6 is 0 Å². The topological polar surface area (TPSA) is 44.5 Å². The van der Waals surface area contributed by atoms with E-state index in [0.717, 1.165) is 12.8 Å². The molecule has 0 bridgehead atoms. The monoisotopic (exact) mass is 411 g/mol. The number of rotatable bonds is 6. The molecule has 1 saturated carbocycles. The standard InChI is InChI=1S/C28H29NO2/c29-27-23-7-3-1-5-21(23)15-25(27)30-17-19-9-11-20(12-10-19)18-31-26-16-22-6-2-4-8-24(22)28(26)13-14-28/h1-12,25-27H,13-18,29H2/t25-,26-,27+/m1/s1. The van der Waals surface area contributed by atoms with Crippen molar-refractivity contribution in [3.05, 3.63) is 106 Å². The highest BCUT2D eigenvalue weighted by molar-refractivity contribution is 5.46. The Balaban J connectivity index is 1.04. The van der Waals surface area contributed by atoms with Crippen LogP contribution in [0.15, 0.2) is 72.8 Å². The number of benzene rings is 3. The Bertz CT molecular complexity index is 1090.